The number of ether oxygens (including phenoxy) is 1. The van der Waals surface area contributed by atoms with Crippen LogP contribution in [0.4, 0.5) is 5.69 Å². The minimum absolute atomic E-state index is 0.199. The Labute approximate surface area is 86.6 Å². The number of rotatable bonds is 5. The van der Waals surface area contributed by atoms with Crippen LogP contribution in [0.25, 0.3) is 0 Å². The fraction of sp³-hybridized carbons (Fsp3) is 0.500. The van der Waals surface area contributed by atoms with Gasteiger partial charge < -0.3 is 10.5 Å². The molecule has 1 rings (SSSR count). The third-order valence-electron chi connectivity index (χ3n) is 1.57. The van der Waals surface area contributed by atoms with E-state index in [0.29, 0.717) is 11.4 Å². The Hall–Kier alpha value is -1.17. The van der Waals surface area contributed by atoms with E-state index < -0.39 is 0 Å². The number of hydrogen-bond donors (Lipinski definition) is 1. The SMILES string of the molecule is COC(=O)CSCCn1cc(N)cn1. The first kappa shape index (κ1) is 10.9. The molecule has 0 saturated carbocycles. The largest absolute Gasteiger partial charge is 0.468 e. The molecule has 0 amide bonds. The van der Waals surface area contributed by atoms with Crippen LogP contribution in [0.2, 0.25) is 0 Å². The van der Waals surface area contributed by atoms with Crippen LogP contribution < -0.4 is 5.73 Å². The van der Waals surface area contributed by atoms with Gasteiger partial charge in [-0.3, -0.25) is 9.48 Å². The molecule has 0 fully saturated rings. The molecule has 6 heteroatoms. The van der Waals surface area contributed by atoms with Gasteiger partial charge in [0.15, 0.2) is 0 Å². The zero-order valence-corrected chi connectivity index (χ0v) is 8.79. The van der Waals surface area contributed by atoms with Gasteiger partial charge in [0.1, 0.15) is 0 Å². The van der Waals surface area contributed by atoms with Crippen molar-refractivity contribution in [2.24, 2.45) is 0 Å². The summed E-state index contributed by atoms with van der Waals surface area (Å²) in [5.74, 6) is 0.999. The van der Waals surface area contributed by atoms with Crippen molar-refractivity contribution >= 4 is 23.4 Å². The first-order valence-corrected chi connectivity index (χ1v) is 5.30. The lowest BCUT2D eigenvalue weighted by molar-refractivity contribution is -0.137. The summed E-state index contributed by atoms with van der Waals surface area (Å²) in [6.07, 6.45) is 3.36. The molecule has 0 spiro atoms. The monoisotopic (exact) mass is 215 g/mol. The van der Waals surface area contributed by atoms with Crippen LogP contribution in [0.3, 0.4) is 0 Å². The van der Waals surface area contributed by atoms with Crippen LogP contribution in [-0.4, -0.2) is 34.4 Å². The van der Waals surface area contributed by atoms with E-state index in [4.69, 9.17) is 5.73 Å². The molecule has 0 aliphatic rings. The molecule has 0 aliphatic heterocycles. The Morgan fingerprint density at radius 1 is 1.79 bits per heavy atom. The van der Waals surface area contributed by atoms with E-state index in [-0.39, 0.29) is 5.97 Å². The number of esters is 1. The summed E-state index contributed by atoms with van der Waals surface area (Å²) < 4.78 is 6.25. The Kier molecular flexibility index (Phi) is 4.31. The lowest BCUT2D eigenvalue weighted by Gasteiger charge is -2.00. The van der Waals surface area contributed by atoms with E-state index in [1.165, 1.54) is 18.9 Å². The van der Waals surface area contributed by atoms with Gasteiger partial charge in [0, 0.05) is 11.9 Å². The van der Waals surface area contributed by atoms with Crippen LogP contribution in [0.5, 0.6) is 0 Å². The lowest BCUT2D eigenvalue weighted by atomic mass is 10.6. The second kappa shape index (κ2) is 5.54. The summed E-state index contributed by atoms with van der Waals surface area (Å²) in [5, 5.41) is 4.01. The zero-order chi connectivity index (χ0) is 10.4. The maximum absolute atomic E-state index is 10.7. The van der Waals surface area contributed by atoms with E-state index in [2.05, 4.69) is 9.84 Å². The van der Waals surface area contributed by atoms with Gasteiger partial charge in [-0.25, -0.2) is 0 Å². The standard InChI is InChI=1S/C8H13N3O2S/c1-13-8(12)6-14-3-2-11-5-7(9)4-10-11/h4-5H,2-3,6,9H2,1H3. The maximum Gasteiger partial charge on any atom is 0.315 e. The third kappa shape index (κ3) is 3.69. The van der Waals surface area contributed by atoms with Gasteiger partial charge in [0.25, 0.3) is 0 Å². The number of carbonyl (C=O) groups is 1. The van der Waals surface area contributed by atoms with Crippen LogP contribution in [-0.2, 0) is 16.1 Å². The second-order valence-electron chi connectivity index (χ2n) is 2.67. The first-order valence-electron chi connectivity index (χ1n) is 4.15. The third-order valence-corrected chi connectivity index (χ3v) is 2.48. The Morgan fingerprint density at radius 3 is 3.14 bits per heavy atom. The van der Waals surface area contributed by atoms with Crippen molar-refractivity contribution in [2.45, 2.75) is 6.54 Å². The summed E-state index contributed by atoms with van der Waals surface area (Å²) in [7, 11) is 1.39. The van der Waals surface area contributed by atoms with E-state index in [1.807, 2.05) is 0 Å². The van der Waals surface area contributed by atoms with E-state index in [9.17, 15) is 4.79 Å². The summed E-state index contributed by atoms with van der Waals surface area (Å²) in [6.45, 7) is 0.749. The number of nitrogens with two attached hydrogens (primary N) is 1. The van der Waals surface area contributed by atoms with Crippen LogP contribution in [0, 0.1) is 0 Å². The highest BCUT2D eigenvalue weighted by Crippen LogP contribution is 2.03. The van der Waals surface area contributed by atoms with Gasteiger partial charge >= 0.3 is 5.97 Å². The average molecular weight is 215 g/mol. The van der Waals surface area contributed by atoms with Crippen molar-refractivity contribution in [3.63, 3.8) is 0 Å². The molecule has 0 aromatic carbocycles. The number of nitrogen functional groups attached to an aromatic ring is 1. The number of hydrogen-bond acceptors (Lipinski definition) is 5. The molecule has 5 nitrogen and oxygen atoms in total. The Balaban J connectivity index is 2.13. The fourth-order valence-electron chi connectivity index (χ4n) is 0.874. The Morgan fingerprint density at radius 2 is 2.57 bits per heavy atom. The highest BCUT2D eigenvalue weighted by atomic mass is 32.2. The molecule has 0 atom stereocenters. The van der Waals surface area contributed by atoms with Crippen LogP contribution in [0.1, 0.15) is 0 Å². The normalized spacial score (nSPS) is 10.1. The van der Waals surface area contributed by atoms with Gasteiger partial charge in [0.05, 0.1) is 31.3 Å². The molecule has 0 unspecified atom stereocenters. The number of nitrogens with zero attached hydrogens (tertiary/aromatic N) is 2. The molecule has 0 radical (unpaired) electrons. The highest BCUT2D eigenvalue weighted by Gasteiger charge is 2.00. The predicted molar refractivity (Wildman–Crippen MR) is 56.0 cm³/mol. The van der Waals surface area contributed by atoms with Gasteiger partial charge in [-0.2, -0.15) is 5.10 Å². The number of thioether (sulfide) groups is 1. The second-order valence-corrected chi connectivity index (χ2v) is 3.77. The van der Waals surface area contributed by atoms with E-state index in [0.717, 1.165) is 12.3 Å². The summed E-state index contributed by atoms with van der Waals surface area (Å²) in [5.41, 5.74) is 6.14. The predicted octanol–water partition coefficient (Wildman–Crippen LogP) is 0.371. The molecule has 14 heavy (non-hydrogen) atoms. The van der Waals surface area contributed by atoms with E-state index >= 15 is 0 Å². The maximum atomic E-state index is 10.7. The van der Waals surface area contributed by atoms with Crippen LogP contribution in [0.15, 0.2) is 12.4 Å². The number of anilines is 1. The molecule has 0 saturated heterocycles. The van der Waals surface area contributed by atoms with Gasteiger partial charge in [-0.05, 0) is 0 Å². The van der Waals surface area contributed by atoms with Crippen molar-refractivity contribution in [2.75, 3.05) is 24.3 Å². The summed E-state index contributed by atoms with van der Waals surface area (Å²) >= 11 is 1.51. The highest BCUT2D eigenvalue weighted by molar-refractivity contribution is 7.99. The smallest absolute Gasteiger partial charge is 0.315 e. The number of aromatic nitrogens is 2. The van der Waals surface area contributed by atoms with Crippen molar-refractivity contribution in [1.82, 2.24) is 9.78 Å². The molecule has 1 aromatic heterocycles. The number of carbonyl (C=O) groups excluding carboxylic acids is 1. The molecular weight excluding hydrogens is 202 g/mol. The molecular formula is C8H13N3O2S. The minimum Gasteiger partial charge on any atom is -0.468 e. The number of methoxy groups -OCH3 is 1. The van der Waals surface area contributed by atoms with Crippen molar-refractivity contribution in [3.05, 3.63) is 12.4 Å². The minimum atomic E-state index is -0.199. The van der Waals surface area contributed by atoms with Crippen molar-refractivity contribution in [3.8, 4) is 0 Å². The Bertz CT molecular complexity index is 301. The average Bonchev–Trinajstić information content (AvgIpc) is 2.58. The quantitative estimate of drug-likeness (QED) is 0.567. The van der Waals surface area contributed by atoms with Crippen LogP contribution >= 0.6 is 11.8 Å². The summed E-state index contributed by atoms with van der Waals surface area (Å²) in [6, 6.07) is 0. The molecule has 78 valence electrons. The molecule has 1 aromatic rings. The topological polar surface area (TPSA) is 70.1 Å². The molecule has 0 aliphatic carbocycles. The molecule has 1 heterocycles. The van der Waals surface area contributed by atoms with Gasteiger partial charge in [0.2, 0.25) is 0 Å². The summed E-state index contributed by atoms with van der Waals surface area (Å²) in [4.78, 5) is 10.7. The van der Waals surface area contributed by atoms with Gasteiger partial charge in [-0.1, -0.05) is 0 Å². The number of aryl methyl sites for hydroxylation is 1. The van der Waals surface area contributed by atoms with Crippen molar-refractivity contribution in [1.29, 1.82) is 0 Å². The first-order chi connectivity index (χ1) is 6.72. The lowest BCUT2D eigenvalue weighted by Crippen LogP contribution is -2.06. The van der Waals surface area contributed by atoms with Crippen molar-refractivity contribution < 1.29 is 9.53 Å². The van der Waals surface area contributed by atoms with E-state index in [1.54, 1.807) is 17.1 Å². The molecule has 0 bridgehead atoms. The van der Waals surface area contributed by atoms with Gasteiger partial charge in [-0.15, -0.1) is 11.8 Å². The fourth-order valence-corrected chi connectivity index (χ4v) is 1.62. The molecule has 2 N–H and O–H groups in total. The zero-order valence-electron chi connectivity index (χ0n) is 7.97.